The molecule has 0 radical (unpaired) electrons. The maximum atomic E-state index is 12.5. The van der Waals surface area contributed by atoms with Crippen molar-refractivity contribution in [2.75, 3.05) is 131 Å². The zero-order chi connectivity index (χ0) is 36.3. The van der Waals surface area contributed by atoms with Crippen molar-refractivity contribution in [1.29, 1.82) is 0 Å². The average Bonchev–Trinajstić information content (AvgIpc) is 3.03. The second kappa shape index (κ2) is 27.7. The molecule has 1 atom stereocenters. The molecule has 0 saturated carbocycles. The predicted octanol–water partition coefficient (Wildman–Crippen LogP) is -2.03. The first kappa shape index (κ1) is 43.9. The summed E-state index contributed by atoms with van der Waals surface area (Å²) in [6.07, 6.45) is 1.08. The van der Waals surface area contributed by atoms with Crippen LogP contribution in [0.5, 0.6) is 0 Å². The van der Waals surface area contributed by atoms with Gasteiger partial charge in [0.05, 0.1) is 72.5 Å². The molecular weight excluding hydrogens is 650 g/mol. The Kier molecular flexibility index (Phi) is 24.8. The molecule has 1 saturated heterocycles. The number of ether oxygens (including phenoxy) is 4. The molecule has 0 aliphatic carbocycles. The summed E-state index contributed by atoms with van der Waals surface area (Å²) < 4.78 is 21.5. The third-order valence-corrected chi connectivity index (χ3v) is 7.58. The molecule has 1 aliphatic heterocycles. The van der Waals surface area contributed by atoms with Gasteiger partial charge in [-0.1, -0.05) is 0 Å². The first-order valence-electron chi connectivity index (χ1n) is 16.6. The standard InChI is InChI=1S/C31H55N5O13/c1-26(38)4-16-46-18-20-48-22-23-49-21-19-47-17-5-32-28(39)3-2-27(31(44)45)36-12-10-33(14-15-37)6-7-34(24-29(40)41)8-9-35(11-13-36)25-30(42)43/h15,27H,2-14,16-25H2,1H3,(H,32,39)(H,40,41)(H,42,43)(H,44,45). The number of hydrogen-bond acceptors (Lipinski definition) is 14. The van der Waals surface area contributed by atoms with Crippen molar-refractivity contribution >= 4 is 35.9 Å². The van der Waals surface area contributed by atoms with E-state index in [9.17, 15) is 44.1 Å². The first-order valence-corrected chi connectivity index (χ1v) is 16.6. The number of hydrogen-bond donors (Lipinski definition) is 4. The SMILES string of the molecule is CC(=O)CCOCCOCCOCCOCCNC(=O)CCC(C(=O)O)N1CCN(CC=O)CCN(CC(=O)O)CCN(CC(=O)O)CC1. The van der Waals surface area contributed by atoms with Gasteiger partial charge < -0.3 is 44.4 Å². The minimum atomic E-state index is -1.12. The number of carbonyl (C=O) groups is 6. The summed E-state index contributed by atoms with van der Waals surface area (Å²) in [6.45, 7) is 6.38. The fourth-order valence-corrected chi connectivity index (χ4v) is 4.91. The number of nitrogens with one attached hydrogen (secondary N) is 1. The lowest BCUT2D eigenvalue weighted by molar-refractivity contribution is -0.144. The van der Waals surface area contributed by atoms with E-state index in [1.54, 1.807) is 14.7 Å². The Hall–Kier alpha value is -3.10. The maximum absolute atomic E-state index is 12.5. The lowest BCUT2D eigenvalue weighted by Gasteiger charge is -2.35. The molecule has 0 spiro atoms. The van der Waals surface area contributed by atoms with E-state index in [1.807, 2.05) is 4.90 Å². The van der Waals surface area contributed by atoms with Crippen LogP contribution in [0.4, 0.5) is 0 Å². The largest absolute Gasteiger partial charge is 0.480 e. The van der Waals surface area contributed by atoms with Gasteiger partial charge in [0, 0.05) is 71.7 Å². The summed E-state index contributed by atoms with van der Waals surface area (Å²) in [5.74, 6) is -3.45. The summed E-state index contributed by atoms with van der Waals surface area (Å²) in [7, 11) is 0. The fraction of sp³-hybridized carbons (Fsp3) is 0.806. The van der Waals surface area contributed by atoms with Gasteiger partial charge in [0.15, 0.2) is 0 Å². The molecule has 1 aliphatic rings. The van der Waals surface area contributed by atoms with E-state index >= 15 is 0 Å². The lowest BCUT2D eigenvalue weighted by atomic mass is 10.1. The predicted molar refractivity (Wildman–Crippen MR) is 174 cm³/mol. The molecule has 1 heterocycles. The van der Waals surface area contributed by atoms with Crippen molar-refractivity contribution in [3.63, 3.8) is 0 Å². The van der Waals surface area contributed by atoms with Crippen molar-refractivity contribution in [3.05, 3.63) is 0 Å². The van der Waals surface area contributed by atoms with E-state index in [0.717, 1.165) is 6.29 Å². The molecule has 0 aromatic carbocycles. The molecule has 0 aromatic rings. The van der Waals surface area contributed by atoms with Crippen LogP contribution >= 0.6 is 0 Å². The van der Waals surface area contributed by atoms with Crippen LogP contribution in [0.2, 0.25) is 0 Å². The van der Waals surface area contributed by atoms with E-state index in [0.29, 0.717) is 72.3 Å². The van der Waals surface area contributed by atoms with Crippen LogP contribution < -0.4 is 5.32 Å². The highest BCUT2D eigenvalue weighted by molar-refractivity contribution is 5.78. The van der Waals surface area contributed by atoms with Crippen molar-refractivity contribution in [2.24, 2.45) is 0 Å². The Morgan fingerprint density at radius 1 is 0.653 bits per heavy atom. The molecule has 1 rings (SSSR count). The van der Waals surface area contributed by atoms with E-state index in [4.69, 9.17) is 18.9 Å². The maximum Gasteiger partial charge on any atom is 0.320 e. The van der Waals surface area contributed by atoms with Gasteiger partial charge in [0.1, 0.15) is 18.1 Å². The molecule has 1 unspecified atom stereocenters. The number of ketones is 1. The number of carbonyl (C=O) groups excluding carboxylic acids is 3. The van der Waals surface area contributed by atoms with E-state index in [2.05, 4.69) is 5.32 Å². The van der Waals surface area contributed by atoms with Gasteiger partial charge in [0.25, 0.3) is 0 Å². The van der Waals surface area contributed by atoms with Gasteiger partial charge in [-0.25, -0.2) is 0 Å². The highest BCUT2D eigenvalue weighted by Gasteiger charge is 2.28. The zero-order valence-corrected chi connectivity index (χ0v) is 28.6. The Bertz CT molecular complexity index is 990. The number of aliphatic carboxylic acids is 3. The van der Waals surface area contributed by atoms with Crippen molar-refractivity contribution in [2.45, 2.75) is 32.2 Å². The third-order valence-electron chi connectivity index (χ3n) is 7.58. The Labute approximate surface area is 287 Å². The van der Waals surface area contributed by atoms with Crippen LogP contribution in [-0.2, 0) is 47.7 Å². The molecule has 0 aromatic heterocycles. The zero-order valence-electron chi connectivity index (χ0n) is 28.6. The van der Waals surface area contributed by atoms with Gasteiger partial charge in [-0.15, -0.1) is 0 Å². The minimum Gasteiger partial charge on any atom is -0.480 e. The van der Waals surface area contributed by atoms with Gasteiger partial charge in [-0.2, -0.15) is 0 Å². The molecule has 1 fully saturated rings. The third kappa shape index (κ3) is 23.8. The number of carboxylic acid groups (broad SMARTS) is 3. The number of aldehydes is 1. The van der Waals surface area contributed by atoms with Gasteiger partial charge in [0.2, 0.25) is 5.91 Å². The van der Waals surface area contributed by atoms with E-state index < -0.39 is 23.9 Å². The van der Waals surface area contributed by atoms with Gasteiger partial charge >= 0.3 is 17.9 Å². The second-order valence-electron chi connectivity index (χ2n) is 11.5. The van der Waals surface area contributed by atoms with Gasteiger partial charge in [-0.05, 0) is 13.3 Å². The van der Waals surface area contributed by atoms with Crippen LogP contribution in [0.15, 0.2) is 0 Å². The monoisotopic (exact) mass is 705 g/mol. The summed E-state index contributed by atoms with van der Waals surface area (Å²) in [6, 6.07) is -1.03. The molecule has 4 N–H and O–H groups in total. The minimum absolute atomic E-state index is 0.0154. The molecule has 0 bridgehead atoms. The van der Waals surface area contributed by atoms with Crippen molar-refractivity contribution in [1.82, 2.24) is 24.9 Å². The lowest BCUT2D eigenvalue weighted by Crippen LogP contribution is -2.51. The van der Waals surface area contributed by atoms with E-state index in [-0.39, 0.29) is 90.0 Å². The van der Waals surface area contributed by atoms with Crippen molar-refractivity contribution in [3.8, 4) is 0 Å². The Balaban J connectivity index is 2.49. The van der Waals surface area contributed by atoms with Crippen LogP contribution in [0, 0.1) is 0 Å². The summed E-state index contributed by atoms with van der Waals surface area (Å²) in [5, 5.41) is 31.5. The van der Waals surface area contributed by atoms with Crippen LogP contribution in [-0.4, -0.2) is 208 Å². The van der Waals surface area contributed by atoms with Gasteiger partial charge in [-0.3, -0.25) is 43.6 Å². The molecule has 1 amide bonds. The summed E-state index contributed by atoms with van der Waals surface area (Å²) in [5.41, 5.74) is 0. The van der Waals surface area contributed by atoms with E-state index in [1.165, 1.54) is 6.92 Å². The molecule has 282 valence electrons. The topological polar surface area (TPSA) is 225 Å². The number of rotatable bonds is 26. The van der Waals surface area contributed by atoms with Crippen LogP contribution in [0.25, 0.3) is 0 Å². The number of Topliss-reactive ketones (excluding diaryl/α,β-unsaturated/α-hetero) is 1. The smallest absolute Gasteiger partial charge is 0.320 e. The van der Waals surface area contributed by atoms with Crippen LogP contribution in [0.1, 0.15) is 26.2 Å². The fourth-order valence-electron chi connectivity index (χ4n) is 4.91. The Morgan fingerprint density at radius 2 is 1.10 bits per heavy atom. The molecule has 18 heteroatoms. The molecular formula is C31H55N5O13. The highest BCUT2D eigenvalue weighted by atomic mass is 16.6. The normalized spacial score (nSPS) is 16.7. The highest BCUT2D eigenvalue weighted by Crippen LogP contribution is 2.10. The van der Waals surface area contributed by atoms with Crippen LogP contribution in [0.3, 0.4) is 0 Å². The average molecular weight is 706 g/mol. The Morgan fingerprint density at radius 3 is 1.57 bits per heavy atom. The summed E-state index contributed by atoms with van der Waals surface area (Å²) in [4.78, 5) is 76.7. The summed E-state index contributed by atoms with van der Waals surface area (Å²) >= 11 is 0. The number of nitrogens with zero attached hydrogens (tertiary/aromatic N) is 4. The number of amides is 1. The first-order chi connectivity index (χ1) is 23.5. The second-order valence-corrected chi connectivity index (χ2v) is 11.5. The van der Waals surface area contributed by atoms with Crippen molar-refractivity contribution < 1.29 is 63.0 Å². The molecule has 49 heavy (non-hydrogen) atoms. The molecule has 18 nitrogen and oxygen atoms in total. The quantitative estimate of drug-likeness (QED) is 0.0562. The number of carboxylic acids is 3.